The minimum atomic E-state index is -0.258. The molecule has 0 radical (unpaired) electrons. The number of fused-ring (bicyclic) bond motifs is 1. The summed E-state index contributed by atoms with van der Waals surface area (Å²) in [6.45, 7) is 2.40. The molecule has 114 valence electrons. The second kappa shape index (κ2) is 5.77. The molecule has 1 aliphatic carbocycles. The van der Waals surface area contributed by atoms with E-state index in [2.05, 4.69) is 27.5 Å². The van der Waals surface area contributed by atoms with Gasteiger partial charge in [0, 0.05) is 7.05 Å². The van der Waals surface area contributed by atoms with Gasteiger partial charge in [0.05, 0.1) is 17.5 Å². The number of nitrogens with zero attached hydrogens (tertiary/aromatic N) is 2. The van der Waals surface area contributed by atoms with E-state index in [4.69, 9.17) is 0 Å². The van der Waals surface area contributed by atoms with E-state index in [1.807, 2.05) is 18.5 Å². The van der Waals surface area contributed by atoms with Crippen molar-refractivity contribution < 1.29 is 5.11 Å². The molecule has 2 unspecified atom stereocenters. The summed E-state index contributed by atoms with van der Waals surface area (Å²) >= 11 is 1.61. The van der Waals surface area contributed by atoms with Crippen molar-refractivity contribution in [3.05, 3.63) is 11.4 Å². The minimum Gasteiger partial charge on any atom is -0.394 e. The zero-order chi connectivity index (χ0) is 14.9. The van der Waals surface area contributed by atoms with Crippen molar-refractivity contribution in [3.63, 3.8) is 0 Å². The van der Waals surface area contributed by atoms with Gasteiger partial charge in [-0.3, -0.25) is 0 Å². The molecule has 1 aliphatic rings. The molecule has 3 N–H and O–H groups in total. The van der Waals surface area contributed by atoms with Gasteiger partial charge in [0.2, 0.25) is 5.95 Å². The molecule has 1 saturated carbocycles. The number of nitrogens with one attached hydrogen (secondary N) is 2. The molecule has 0 aliphatic heterocycles. The van der Waals surface area contributed by atoms with Crippen LogP contribution in [-0.4, -0.2) is 34.3 Å². The fourth-order valence-corrected chi connectivity index (χ4v) is 4.03. The molecule has 2 aromatic heterocycles. The van der Waals surface area contributed by atoms with Gasteiger partial charge >= 0.3 is 0 Å². The van der Waals surface area contributed by atoms with Crippen LogP contribution in [0.5, 0.6) is 0 Å². The molecule has 0 bridgehead atoms. The Hall–Kier alpha value is -1.40. The van der Waals surface area contributed by atoms with Gasteiger partial charge in [-0.2, -0.15) is 4.98 Å². The van der Waals surface area contributed by atoms with Gasteiger partial charge in [0.25, 0.3) is 0 Å². The Morgan fingerprint density at radius 3 is 3.05 bits per heavy atom. The zero-order valence-electron chi connectivity index (χ0n) is 12.5. The van der Waals surface area contributed by atoms with Crippen LogP contribution in [0.1, 0.15) is 32.6 Å². The number of rotatable bonds is 4. The average molecular weight is 306 g/mol. The second-order valence-corrected chi connectivity index (χ2v) is 6.94. The Morgan fingerprint density at radius 1 is 1.48 bits per heavy atom. The topological polar surface area (TPSA) is 70.1 Å². The van der Waals surface area contributed by atoms with Gasteiger partial charge < -0.3 is 15.7 Å². The molecule has 6 heteroatoms. The summed E-state index contributed by atoms with van der Waals surface area (Å²) in [7, 11) is 1.82. The SMILES string of the molecule is CNc1nc(NC2(CO)CCCC(C)C2)c2ccsc2n1. The van der Waals surface area contributed by atoms with E-state index in [0.29, 0.717) is 11.9 Å². The van der Waals surface area contributed by atoms with E-state index < -0.39 is 0 Å². The predicted molar refractivity (Wildman–Crippen MR) is 88.0 cm³/mol. The highest BCUT2D eigenvalue weighted by Crippen LogP contribution is 2.36. The molecule has 0 amide bonds. The Labute approximate surface area is 128 Å². The van der Waals surface area contributed by atoms with Crippen molar-refractivity contribution in [2.45, 2.75) is 38.1 Å². The first kappa shape index (κ1) is 14.5. The van der Waals surface area contributed by atoms with Gasteiger partial charge in [0.1, 0.15) is 10.6 Å². The summed E-state index contributed by atoms with van der Waals surface area (Å²) in [6, 6.07) is 2.04. The number of aromatic nitrogens is 2. The third-order valence-corrected chi connectivity index (χ3v) is 5.13. The molecule has 0 aromatic carbocycles. The van der Waals surface area contributed by atoms with Crippen LogP contribution in [0.3, 0.4) is 0 Å². The highest BCUT2D eigenvalue weighted by atomic mass is 32.1. The molecule has 0 saturated heterocycles. The monoisotopic (exact) mass is 306 g/mol. The molecule has 3 rings (SSSR count). The Kier molecular flexibility index (Phi) is 3.99. The van der Waals surface area contributed by atoms with E-state index in [1.165, 1.54) is 6.42 Å². The van der Waals surface area contributed by atoms with Crippen molar-refractivity contribution in [1.82, 2.24) is 9.97 Å². The van der Waals surface area contributed by atoms with Gasteiger partial charge in [0.15, 0.2) is 0 Å². The van der Waals surface area contributed by atoms with Gasteiger partial charge in [-0.25, -0.2) is 4.98 Å². The standard InChI is InChI=1S/C15H22N4OS/c1-10-4-3-6-15(8-10,9-20)19-12-11-5-7-21-13(11)18-14(16-2)17-12/h5,7,10,20H,3-4,6,8-9H2,1-2H3,(H2,16,17,18,19). The highest BCUT2D eigenvalue weighted by Gasteiger charge is 2.35. The van der Waals surface area contributed by atoms with Crippen molar-refractivity contribution in [3.8, 4) is 0 Å². The molecule has 5 nitrogen and oxygen atoms in total. The van der Waals surface area contributed by atoms with Crippen LogP contribution in [-0.2, 0) is 0 Å². The van der Waals surface area contributed by atoms with E-state index in [-0.39, 0.29) is 12.1 Å². The van der Waals surface area contributed by atoms with Crippen LogP contribution < -0.4 is 10.6 Å². The van der Waals surface area contributed by atoms with Gasteiger partial charge in [-0.1, -0.05) is 19.8 Å². The molecule has 2 atom stereocenters. The fraction of sp³-hybridized carbons (Fsp3) is 0.600. The van der Waals surface area contributed by atoms with Gasteiger partial charge in [-0.05, 0) is 30.2 Å². The zero-order valence-corrected chi connectivity index (χ0v) is 13.3. The van der Waals surface area contributed by atoms with E-state index in [0.717, 1.165) is 35.3 Å². The normalized spacial score (nSPS) is 26.0. The molecule has 1 fully saturated rings. The molecular formula is C15H22N4OS. The first-order chi connectivity index (χ1) is 10.2. The second-order valence-electron chi connectivity index (χ2n) is 6.05. The lowest BCUT2D eigenvalue weighted by Crippen LogP contribution is -2.46. The van der Waals surface area contributed by atoms with Crippen LogP contribution in [0, 0.1) is 5.92 Å². The minimum absolute atomic E-state index is 0.141. The lowest BCUT2D eigenvalue weighted by molar-refractivity contribution is 0.149. The van der Waals surface area contributed by atoms with Gasteiger partial charge in [-0.15, -0.1) is 11.3 Å². The van der Waals surface area contributed by atoms with Crippen molar-refractivity contribution in [2.75, 3.05) is 24.3 Å². The Balaban J connectivity index is 1.97. The Morgan fingerprint density at radius 2 is 2.33 bits per heavy atom. The van der Waals surface area contributed by atoms with E-state index in [1.54, 1.807) is 11.3 Å². The summed E-state index contributed by atoms with van der Waals surface area (Å²) in [4.78, 5) is 10.00. The van der Waals surface area contributed by atoms with Crippen LogP contribution in [0.4, 0.5) is 11.8 Å². The summed E-state index contributed by atoms with van der Waals surface area (Å²) in [5.74, 6) is 2.07. The predicted octanol–water partition coefficient (Wildman–Crippen LogP) is 3.09. The highest BCUT2D eigenvalue weighted by molar-refractivity contribution is 7.16. The number of anilines is 2. The molecule has 21 heavy (non-hydrogen) atoms. The smallest absolute Gasteiger partial charge is 0.225 e. The van der Waals surface area contributed by atoms with E-state index >= 15 is 0 Å². The van der Waals surface area contributed by atoms with Crippen molar-refractivity contribution in [2.24, 2.45) is 5.92 Å². The van der Waals surface area contributed by atoms with Crippen LogP contribution >= 0.6 is 11.3 Å². The number of aliphatic hydroxyl groups excluding tert-OH is 1. The summed E-state index contributed by atoms with van der Waals surface area (Å²) in [5.41, 5.74) is -0.258. The Bertz CT molecular complexity index is 629. The lowest BCUT2D eigenvalue weighted by Gasteiger charge is -2.40. The van der Waals surface area contributed by atoms with Crippen LogP contribution in [0.15, 0.2) is 11.4 Å². The number of thiophene rings is 1. The lowest BCUT2D eigenvalue weighted by atomic mass is 9.77. The van der Waals surface area contributed by atoms with E-state index in [9.17, 15) is 5.11 Å². The summed E-state index contributed by atoms with van der Waals surface area (Å²) in [6.07, 6.45) is 4.35. The quantitative estimate of drug-likeness (QED) is 0.810. The first-order valence-electron chi connectivity index (χ1n) is 7.48. The fourth-order valence-electron chi connectivity index (χ4n) is 3.27. The first-order valence-corrected chi connectivity index (χ1v) is 8.36. The maximum Gasteiger partial charge on any atom is 0.225 e. The maximum absolute atomic E-state index is 9.95. The molecule has 2 aromatic rings. The number of hydrogen-bond donors (Lipinski definition) is 3. The third-order valence-electron chi connectivity index (χ3n) is 4.33. The average Bonchev–Trinajstić information content (AvgIpc) is 2.95. The number of hydrogen-bond acceptors (Lipinski definition) is 6. The maximum atomic E-state index is 9.95. The van der Waals surface area contributed by atoms with Crippen LogP contribution in [0.2, 0.25) is 0 Å². The van der Waals surface area contributed by atoms with Crippen molar-refractivity contribution in [1.29, 1.82) is 0 Å². The summed E-state index contributed by atoms with van der Waals surface area (Å²) in [5, 5.41) is 19.6. The van der Waals surface area contributed by atoms with Crippen LogP contribution in [0.25, 0.3) is 10.2 Å². The third kappa shape index (κ3) is 2.82. The summed E-state index contributed by atoms with van der Waals surface area (Å²) < 4.78 is 0. The molecule has 2 heterocycles. The number of aliphatic hydroxyl groups is 1. The molecular weight excluding hydrogens is 284 g/mol. The van der Waals surface area contributed by atoms with Crippen molar-refractivity contribution >= 4 is 33.3 Å². The molecule has 0 spiro atoms. The largest absolute Gasteiger partial charge is 0.394 e.